The summed E-state index contributed by atoms with van der Waals surface area (Å²) in [7, 11) is 1.14. The molecular weight excluding hydrogens is 344 g/mol. The number of urea groups is 1. The minimum absolute atomic E-state index is 0.446. The molecule has 21 heavy (non-hydrogen) atoms. The number of halogens is 1. The third kappa shape index (κ3) is 5.42. The van der Waals surface area contributed by atoms with Crippen LogP contribution in [-0.2, 0) is 14.3 Å². The fourth-order valence-electron chi connectivity index (χ4n) is 1.50. The Morgan fingerprint density at radius 3 is 2.57 bits per heavy atom. The maximum absolute atomic E-state index is 11.7. The van der Waals surface area contributed by atoms with Crippen LogP contribution in [0.25, 0.3) is 0 Å². The van der Waals surface area contributed by atoms with Crippen LogP contribution in [0, 0.1) is 6.92 Å². The molecule has 0 saturated heterocycles. The highest BCUT2D eigenvalue weighted by molar-refractivity contribution is 9.10. The smallest absolute Gasteiger partial charge is 0.326 e. The van der Waals surface area contributed by atoms with Crippen molar-refractivity contribution in [3.63, 3.8) is 0 Å². The first-order valence-corrected chi connectivity index (χ1v) is 6.76. The Labute approximate surface area is 129 Å². The molecule has 1 aromatic carbocycles. The first kappa shape index (κ1) is 17.0. The van der Waals surface area contributed by atoms with Crippen molar-refractivity contribution in [1.82, 2.24) is 5.32 Å². The van der Waals surface area contributed by atoms with Crippen molar-refractivity contribution in [3.05, 3.63) is 28.2 Å². The number of hydrogen-bond acceptors (Lipinski definition) is 4. The Morgan fingerprint density at radius 2 is 2.05 bits per heavy atom. The summed E-state index contributed by atoms with van der Waals surface area (Å²) in [4.78, 5) is 33.8. The molecule has 0 aliphatic rings. The molecule has 2 amide bonds. The van der Waals surface area contributed by atoms with Crippen molar-refractivity contribution in [2.24, 2.45) is 0 Å². The largest absolute Gasteiger partial charge is 0.480 e. The Kier molecular flexibility index (Phi) is 6.16. The Morgan fingerprint density at radius 1 is 1.38 bits per heavy atom. The topological polar surface area (TPSA) is 105 Å². The summed E-state index contributed by atoms with van der Waals surface area (Å²) in [5, 5.41) is 13.7. The van der Waals surface area contributed by atoms with Crippen LogP contribution in [0.3, 0.4) is 0 Å². The molecule has 7 nitrogen and oxygen atoms in total. The third-order valence-corrected chi connectivity index (χ3v) is 3.51. The van der Waals surface area contributed by atoms with Gasteiger partial charge in [-0.2, -0.15) is 0 Å². The van der Waals surface area contributed by atoms with Crippen LogP contribution in [-0.4, -0.2) is 36.2 Å². The van der Waals surface area contributed by atoms with Gasteiger partial charge in [0.25, 0.3) is 0 Å². The van der Waals surface area contributed by atoms with Crippen LogP contribution >= 0.6 is 15.9 Å². The normalized spacial score (nSPS) is 11.4. The second-order valence-corrected chi connectivity index (χ2v) is 5.09. The minimum atomic E-state index is -1.35. The van der Waals surface area contributed by atoms with Gasteiger partial charge in [-0.25, -0.2) is 9.59 Å². The molecule has 0 fully saturated rings. The van der Waals surface area contributed by atoms with Gasteiger partial charge in [-0.15, -0.1) is 0 Å². The second-order valence-electron chi connectivity index (χ2n) is 4.23. The van der Waals surface area contributed by atoms with E-state index in [1.165, 1.54) is 0 Å². The summed E-state index contributed by atoms with van der Waals surface area (Å²) in [6.45, 7) is 1.85. The van der Waals surface area contributed by atoms with E-state index < -0.39 is 30.4 Å². The molecule has 0 aliphatic heterocycles. The number of rotatable bonds is 5. The number of amides is 2. The predicted octanol–water partition coefficient (Wildman–Crippen LogP) is 1.90. The highest BCUT2D eigenvalue weighted by Crippen LogP contribution is 2.19. The first-order chi connectivity index (χ1) is 9.83. The van der Waals surface area contributed by atoms with Gasteiger partial charge in [0.1, 0.15) is 6.04 Å². The number of aryl methyl sites for hydroxylation is 1. The zero-order valence-electron chi connectivity index (χ0n) is 11.5. The Bertz CT molecular complexity index is 561. The van der Waals surface area contributed by atoms with Crippen molar-refractivity contribution in [1.29, 1.82) is 0 Å². The highest BCUT2D eigenvalue weighted by Gasteiger charge is 2.23. The van der Waals surface area contributed by atoms with Crippen LogP contribution in [0.1, 0.15) is 12.0 Å². The van der Waals surface area contributed by atoms with E-state index in [9.17, 15) is 14.4 Å². The summed E-state index contributed by atoms with van der Waals surface area (Å²) in [6, 6.07) is 3.07. The van der Waals surface area contributed by atoms with E-state index in [2.05, 4.69) is 31.3 Å². The lowest BCUT2D eigenvalue weighted by atomic mass is 10.2. The third-order valence-electron chi connectivity index (χ3n) is 2.62. The average Bonchev–Trinajstić information content (AvgIpc) is 2.41. The number of carbonyl (C=O) groups is 3. The van der Waals surface area contributed by atoms with Crippen molar-refractivity contribution < 1.29 is 24.2 Å². The molecule has 0 saturated carbocycles. The molecule has 3 N–H and O–H groups in total. The molecule has 0 spiro atoms. The zero-order chi connectivity index (χ0) is 16.0. The van der Waals surface area contributed by atoms with Crippen molar-refractivity contribution >= 4 is 39.6 Å². The number of aliphatic carboxylic acids is 1. The lowest BCUT2D eigenvalue weighted by Crippen LogP contribution is -2.44. The number of anilines is 1. The van der Waals surface area contributed by atoms with Crippen molar-refractivity contribution in [3.8, 4) is 0 Å². The molecular formula is C13H15BrN2O5. The summed E-state index contributed by atoms with van der Waals surface area (Å²) in [5.41, 5.74) is 1.42. The highest BCUT2D eigenvalue weighted by atomic mass is 79.9. The number of hydrogen-bond donors (Lipinski definition) is 3. The maximum atomic E-state index is 11.7. The molecule has 0 bridgehead atoms. The molecule has 1 aromatic rings. The number of esters is 1. The monoisotopic (exact) mass is 358 g/mol. The maximum Gasteiger partial charge on any atom is 0.326 e. The van der Waals surface area contributed by atoms with Gasteiger partial charge in [-0.1, -0.05) is 15.9 Å². The van der Waals surface area contributed by atoms with Crippen LogP contribution in [0.15, 0.2) is 22.7 Å². The fourth-order valence-corrected chi connectivity index (χ4v) is 1.74. The number of nitrogens with one attached hydrogen (secondary N) is 2. The molecule has 0 radical (unpaired) electrons. The zero-order valence-corrected chi connectivity index (χ0v) is 13.1. The molecule has 114 valence electrons. The van der Waals surface area contributed by atoms with Gasteiger partial charge in [0.15, 0.2) is 0 Å². The molecule has 0 unspecified atom stereocenters. The molecule has 1 atom stereocenters. The lowest BCUT2D eigenvalue weighted by molar-refractivity contribution is -0.147. The van der Waals surface area contributed by atoms with E-state index in [1.807, 2.05) is 6.92 Å². The number of carboxylic acids is 1. The van der Waals surface area contributed by atoms with Gasteiger partial charge >= 0.3 is 18.0 Å². The Balaban J connectivity index is 2.67. The number of carboxylic acid groups (broad SMARTS) is 1. The van der Waals surface area contributed by atoms with E-state index in [1.54, 1.807) is 18.2 Å². The first-order valence-electron chi connectivity index (χ1n) is 5.96. The lowest BCUT2D eigenvalue weighted by Gasteiger charge is -2.14. The summed E-state index contributed by atoms with van der Waals surface area (Å²) in [5.74, 6) is -2.04. The number of benzene rings is 1. The quantitative estimate of drug-likeness (QED) is 0.697. The predicted molar refractivity (Wildman–Crippen MR) is 79.1 cm³/mol. The molecule has 0 aliphatic carbocycles. The summed E-state index contributed by atoms with van der Waals surface area (Å²) in [6.07, 6.45) is -0.446. The van der Waals surface area contributed by atoms with Crippen LogP contribution in [0.5, 0.6) is 0 Å². The van der Waals surface area contributed by atoms with E-state index in [-0.39, 0.29) is 0 Å². The van der Waals surface area contributed by atoms with Gasteiger partial charge < -0.3 is 20.5 Å². The van der Waals surface area contributed by atoms with Crippen LogP contribution in [0.2, 0.25) is 0 Å². The summed E-state index contributed by atoms with van der Waals surface area (Å²) < 4.78 is 5.27. The van der Waals surface area contributed by atoms with Gasteiger partial charge in [-0.05, 0) is 30.7 Å². The molecule has 1 rings (SSSR count). The summed E-state index contributed by atoms with van der Waals surface area (Å²) >= 11 is 3.33. The van der Waals surface area contributed by atoms with E-state index >= 15 is 0 Å². The van der Waals surface area contributed by atoms with Gasteiger partial charge in [0.2, 0.25) is 0 Å². The van der Waals surface area contributed by atoms with Gasteiger partial charge in [-0.3, -0.25) is 4.79 Å². The SMILES string of the molecule is COC(=O)C[C@H](NC(=O)Nc1ccc(Br)c(C)c1)C(=O)O. The standard InChI is InChI=1S/C13H15BrN2O5/c1-7-5-8(3-4-9(7)14)15-13(20)16-10(12(18)19)6-11(17)21-2/h3-5,10H,6H2,1-2H3,(H,18,19)(H2,15,16,20)/t10-/m0/s1. The van der Waals surface area contributed by atoms with E-state index in [4.69, 9.17) is 5.11 Å². The van der Waals surface area contributed by atoms with E-state index in [0.717, 1.165) is 17.1 Å². The Hall–Kier alpha value is -2.09. The average molecular weight is 359 g/mol. The molecule has 0 heterocycles. The minimum Gasteiger partial charge on any atom is -0.480 e. The number of ether oxygens (including phenoxy) is 1. The number of methoxy groups -OCH3 is 1. The van der Waals surface area contributed by atoms with Crippen molar-refractivity contribution in [2.75, 3.05) is 12.4 Å². The van der Waals surface area contributed by atoms with E-state index in [0.29, 0.717) is 5.69 Å². The van der Waals surface area contributed by atoms with Crippen LogP contribution in [0.4, 0.5) is 10.5 Å². The number of carbonyl (C=O) groups excluding carboxylic acids is 2. The van der Waals surface area contributed by atoms with Crippen molar-refractivity contribution in [2.45, 2.75) is 19.4 Å². The van der Waals surface area contributed by atoms with Crippen LogP contribution < -0.4 is 10.6 Å². The second kappa shape index (κ2) is 7.63. The fraction of sp³-hybridized carbons (Fsp3) is 0.308. The molecule has 8 heteroatoms. The molecule has 0 aromatic heterocycles. The van der Waals surface area contributed by atoms with Gasteiger partial charge in [0.05, 0.1) is 13.5 Å². The van der Waals surface area contributed by atoms with Gasteiger partial charge in [0, 0.05) is 10.2 Å².